The summed E-state index contributed by atoms with van der Waals surface area (Å²) in [6.45, 7) is 6.79. The van der Waals surface area contributed by atoms with Crippen LogP contribution in [-0.4, -0.2) is 114 Å². The van der Waals surface area contributed by atoms with Gasteiger partial charge in [-0.3, -0.25) is 24.0 Å². The second kappa shape index (κ2) is 20.4. The Morgan fingerprint density at radius 3 is 2.22 bits per heavy atom. The number of nitrogens with zero attached hydrogens (tertiary/aromatic N) is 4. The van der Waals surface area contributed by atoms with E-state index in [-0.39, 0.29) is 87.4 Å². The van der Waals surface area contributed by atoms with Gasteiger partial charge in [-0.25, -0.2) is 14.0 Å². The van der Waals surface area contributed by atoms with E-state index in [1.165, 1.54) is 22.1 Å². The fourth-order valence-corrected chi connectivity index (χ4v) is 6.44. The van der Waals surface area contributed by atoms with E-state index in [2.05, 4.69) is 16.0 Å². The van der Waals surface area contributed by atoms with Crippen molar-refractivity contribution in [1.29, 1.82) is 0 Å². The SMILES string of the molecule is CCn1cc(C(=O)O)c(=O)c2cc(F)c(N3CCN(C(=O)OCc4ccc(NC(=O)[C@H](CCN)NC(=O)[C@@H](NC(=O)CCCC(=O)N(C)C)C(C)C)cc4)CC3)cc21. The molecule has 18 heteroatoms. The number of carboxylic acid groups (broad SMARTS) is 1. The van der Waals surface area contributed by atoms with Gasteiger partial charge < -0.3 is 50.8 Å². The largest absolute Gasteiger partial charge is 0.477 e. The summed E-state index contributed by atoms with van der Waals surface area (Å²) < 4.78 is 22.4. The van der Waals surface area contributed by atoms with Crippen molar-refractivity contribution in [1.82, 2.24) is 25.0 Å². The van der Waals surface area contributed by atoms with Crippen LogP contribution in [0.2, 0.25) is 0 Å². The Hall–Kier alpha value is -6.04. The number of aromatic nitrogens is 1. The summed E-state index contributed by atoms with van der Waals surface area (Å²) in [5.41, 5.74) is 6.26. The van der Waals surface area contributed by atoms with Crippen LogP contribution in [0.15, 0.2) is 47.4 Å². The molecule has 0 aliphatic carbocycles. The normalized spacial score (nSPS) is 13.8. The highest BCUT2D eigenvalue weighted by atomic mass is 19.1. The third-order valence-corrected chi connectivity index (χ3v) is 9.83. The van der Waals surface area contributed by atoms with Gasteiger partial charge in [-0.15, -0.1) is 0 Å². The molecule has 0 spiro atoms. The van der Waals surface area contributed by atoms with Gasteiger partial charge >= 0.3 is 12.1 Å². The molecule has 5 amide bonds. The van der Waals surface area contributed by atoms with E-state index in [0.717, 1.165) is 6.07 Å². The molecule has 1 saturated heterocycles. The average Bonchev–Trinajstić information content (AvgIpc) is 3.19. The van der Waals surface area contributed by atoms with E-state index < -0.39 is 52.8 Å². The lowest BCUT2D eigenvalue weighted by molar-refractivity contribution is -0.132. The third kappa shape index (κ3) is 11.5. The number of carboxylic acids is 1. The van der Waals surface area contributed by atoms with Gasteiger partial charge in [0.1, 0.15) is 30.1 Å². The Bertz CT molecular complexity index is 2050. The Balaban J connectivity index is 1.27. The molecular formula is C40H53FN8O9. The number of carbonyl (C=O) groups is 6. The standard InChI is InChI=1S/C40H53FN8O9/c1-6-47-22-28(39(55)56)36(52)27-20-29(41)32(21-31(27)47)48-16-18-49(19-17-48)40(57)58-23-25-10-12-26(13-11-25)43-37(53)30(14-15-42)44-38(54)35(24(2)3)45-33(50)8-7-9-34(51)46(4)5/h10-13,20-22,24,30,35H,6-9,14-19,23,42H2,1-5H3,(H,43,53)(H,44,54)(H,45,50)(H,55,56)/t30-,35-/m0/s1. The molecule has 314 valence electrons. The number of fused-ring (bicyclic) bond motifs is 1. The quantitative estimate of drug-likeness (QED) is 0.133. The van der Waals surface area contributed by atoms with Crippen LogP contribution in [0.1, 0.15) is 62.4 Å². The lowest BCUT2D eigenvalue weighted by Gasteiger charge is -2.35. The van der Waals surface area contributed by atoms with E-state index in [0.29, 0.717) is 29.7 Å². The molecule has 2 atom stereocenters. The summed E-state index contributed by atoms with van der Waals surface area (Å²) in [5, 5.41) is 17.6. The molecule has 1 aliphatic heterocycles. The number of nitrogens with two attached hydrogens (primary N) is 1. The molecular weight excluding hydrogens is 755 g/mol. The second-order valence-electron chi connectivity index (χ2n) is 14.6. The van der Waals surface area contributed by atoms with Crippen molar-refractivity contribution >= 4 is 58.0 Å². The van der Waals surface area contributed by atoms with Gasteiger partial charge in [0.15, 0.2) is 0 Å². The molecule has 1 aromatic heterocycles. The average molecular weight is 809 g/mol. The molecule has 3 aromatic rings. The second-order valence-corrected chi connectivity index (χ2v) is 14.6. The van der Waals surface area contributed by atoms with Crippen LogP contribution in [0.25, 0.3) is 10.9 Å². The number of ether oxygens (including phenoxy) is 1. The highest BCUT2D eigenvalue weighted by molar-refractivity contribution is 5.98. The van der Waals surface area contributed by atoms with Crippen molar-refractivity contribution in [2.45, 2.75) is 71.7 Å². The van der Waals surface area contributed by atoms with Crippen molar-refractivity contribution in [3.63, 3.8) is 0 Å². The molecule has 0 saturated carbocycles. The number of carbonyl (C=O) groups excluding carboxylic acids is 5. The van der Waals surface area contributed by atoms with Crippen LogP contribution in [0, 0.1) is 11.7 Å². The number of hydrogen-bond acceptors (Lipinski definition) is 10. The van der Waals surface area contributed by atoms with Gasteiger partial charge in [0.25, 0.3) is 0 Å². The number of amides is 5. The molecule has 4 rings (SSSR count). The Morgan fingerprint density at radius 1 is 0.966 bits per heavy atom. The Labute approximate surface area is 335 Å². The van der Waals surface area contributed by atoms with Crippen molar-refractivity contribution < 1.29 is 43.0 Å². The fourth-order valence-electron chi connectivity index (χ4n) is 6.44. The summed E-state index contributed by atoms with van der Waals surface area (Å²) in [4.78, 5) is 92.7. The topological polar surface area (TPSA) is 226 Å². The number of rotatable bonds is 17. The first-order chi connectivity index (χ1) is 27.5. The monoisotopic (exact) mass is 808 g/mol. The third-order valence-electron chi connectivity index (χ3n) is 9.83. The molecule has 17 nitrogen and oxygen atoms in total. The number of pyridine rings is 1. The minimum atomic E-state index is -1.39. The van der Waals surface area contributed by atoms with Crippen molar-refractivity contribution in [2.24, 2.45) is 11.7 Å². The van der Waals surface area contributed by atoms with Crippen LogP contribution < -0.4 is 32.0 Å². The number of aryl methyl sites for hydroxylation is 1. The fraction of sp³-hybridized carbons (Fsp3) is 0.475. The van der Waals surface area contributed by atoms with Gasteiger partial charge in [-0.1, -0.05) is 26.0 Å². The molecule has 2 heterocycles. The minimum Gasteiger partial charge on any atom is -0.477 e. The number of hydrogen-bond donors (Lipinski definition) is 5. The van der Waals surface area contributed by atoms with Crippen LogP contribution >= 0.6 is 0 Å². The molecule has 6 N–H and O–H groups in total. The van der Waals surface area contributed by atoms with E-state index in [9.17, 15) is 38.7 Å². The zero-order valence-electron chi connectivity index (χ0n) is 33.5. The lowest BCUT2D eigenvalue weighted by atomic mass is 10.0. The predicted molar refractivity (Wildman–Crippen MR) is 215 cm³/mol. The number of aromatic carboxylic acids is 1. The maximum Gasteiger partial charge on any atom is 0.410 e. The van der Waals surface area contributed by atoms with Crippen molar-refractivity contribution in [3.05, 3.63) is 69.8 Å². The first kappa shape index (κ1) is 44.7. The van der Waals surface area contributed by atoms with E-state index >= 15 is 4.39 Å². The molecule has 1 aliphatic rings. The van der Waals surface area contributed by atoms with Gasteiger partial charge in [0.05, 0.1) is 11.2 Å². The summed E-state index contributed by atoms with van der Waals surface area (Å²) in [7, 11) is 3.27. The summed E-state index contributed by atoms with van der Waals surface area (Å²) in [6.07, 6.45) is 1.43. The van der Waals surface area contributed by atoms with Crippen molar-refractivity contribution in [2.75, 3.05) is 57.0 Å². The molecule has 1 fully saturated rings. The molecule has 0 unspecified atom stereocenters. The summed E-state index contributed by atoms with van der Waals surface area (Å²) in [5.74, 6) is -3.88. The van der Waals surface area contributed by atoms with E-state index in [4.69, 9.17) is 10.5 Å². The van der Waals surface area contributed by atoms with Gasteiger partial charge in [0.2, 0.25) is 29.1 Å². The molecule has 0 radical (unpaired) electrons. The summed E-state index contributed by atoms with van der Waals surface area (Å²) >= 11 is 0. The minimum absolute atomic E-state index is 0.0252. The number of anilines is 2. The Morgan fingerprint density at radius 2 is 1.64 bits per heavy atom. The number of piperazine rings is 1. The first-order valence-electron chi connectivity index (χ1n) is 19.2. The number of benzene rings is 2. The highest BCUT2D eigenvalue weighted by Crippen LogP contribution is 2.27. The van der Waals surface area contributed by atoms with Crippen LogP contribution in [-0.2, 0) is 37.1 Å². The van der Waals surface area contributed by atoms with E-state index in [1.54, 1.807) is 68.6 Å². The zero-order valence-corrected chi connectivity index (χ0v) is 33.5. The number of nitrogens with one attached hydrogen (secondary N) is 3. The summed E-state index contributed by atoms with van der Waals surface area (Å²) in [6, 6.07) is 7.28. The highest BCUT2D eigenvalue weighted by Gasteiger charge is 2.29. The lowest BCUT2D eigenvalue weighted by Crippen LogP contribution is -2.54. The van der Waals surface area contributed by atoms with Gasteiger partial charge in [0, 0.05) is 76.9 Å². The van der Waals surface area contributed by atoms with E-state index in [1.807, 2.05) is 0 Å². The molecule has 2 aromatic carbocycles. The Kier molecular flexibility index (Phi) is 15.7. The number of halogens is 1. The molecule has 58 heavy (non-hydrogen) atoms. The van der Waals surface area contributed by atoms with Crippen molar-refractivity contribution in [3.8, 4) is 0 Å². The molecule has 0 bridgehead atoms. The van der Waals surface area contributed by atoms with Crippen LogP contribution in [0.3, 0.4) is 0 Å². The predicted octanol–water partition coefficient (Wildman–Crippen LogP) is 2.49. The van der Waals surface area contributed by atoms with Crippen LogP contribution in [0.4, 0.5) is 20.6 Å². The van der Waals surface area contributed by atoms with Gasteiger partial charge in [-0.05, 0) is 62.1 Å². The maximum absolute atomic E-state index is 15.3. The smallest absolute Gasteiger partial charge is 0.410 e. The van der Waals surface area contributed by atoms with Crippen LogP contribution in [0.5, 0.6) is 0 Å². The van der Waals surface area contributed by atoms with Gasteiger partial charge in [-0.2, -0.15) is 0 Å². The zero-order chi connectivity index (χ0) is 42.7. The first-order valence-corrected chi connectivity index (χ1v) is 19.2. The maximum atomic E-state index is 15.3.